The third kappa shape index (κ3) is 5.44. The number of amides is 1. The summed E-state index contributed by atoms with van der Waals surface area (Å²) in [7, 11) is 0. The molecule has 1 aliphatic rings. The Labute approximate surface area is 134 Å². The summed E-state index contributed by atoms with van der Waals surface area (Å²) in [5.41, 5.74) is 1.19. The Balaban J connectivity index is 1.60. The van der Waals surface area contributed by atoms with Crippen LogP contribution in [0.3, 0.4) is 0 Å². The summed E-state index contributed by atoms with van der Waals surface area (Å²) in [6.07, 6.45) is 6.56. The number of unbranched alkanes of at least 4 members (excludes halogenated alkanes) is 1. The molecule has 2 rings (SSSR count). The number of aromatic nitrogens is 2. The molecule has 1 aliphatic heterocycles. The molecule has 5 nitrogen and oxygen atoms in total. The molecule has 1 fully saturated rings. The molecule has 0 bridgehead atoms. The fourth-order valence-corrected chi connectivity index (χ4v) is 2.99. The highest BCUT2D eigenvalue weighted by molar-refractivity contribution is 5.76. The maximum atomic E-state index is 12.2. The molecule has 0 atom stereocenters. The second kappa shape index (κ2) is 8.32. The Morgan fingerprint density at radius 1 is 1.23 bits per heavy atom. The van der Waals surface area contributed by atoms with Crippen molar-refractivity contribution in [2.24, 2.45) is 5.92 Å². The summed E-state index contributed by atoms with van der Waals surface area (Å²) in [5, 5.41) is 4.27. The van der Waals surface area contributed by atoms with E-state index in [0.29, 0.717) is 18.2 Å². The van der Waals surface area contributed by atoms with E-state index in [9.17, 15) is 4.79 Å². The molecule has 124 valence electrons. The van der Waals surface area contributed by atoms with Gasteiger partial charge in [-0.2, -0.15) is 5.10 Å². The third-order valence-electron chi connectivity index (χ3n) is 4.14. The van der Waals surface area contributed by atoms with E-state index in [1.807, 2.05) is 22.7 Å². The topological polar surface area (TPSA) is 41.4 Å². The number of hydrogen-bond acceptors (Lipinski definition) is 3. The lowest BCUT2D eigenvalue weighted by Gasteiger charge is -2.35. The van der Waals surface area contributed by atoms with Gasteiger partial charge in [-0.3, -0.25) is 14.4 Å². The predicted molar refractivity (Wildman–Crippen MR) is 88.7 cm³/mol. The van der Waals surface area contributed by atoms with Gasteiger partial charge in [-0.15, -0.1) is 0 Å². The van der Waals surface area contributed by atoms with Crippen LogP contribution in [0.25, 0.3) is 0 Å². The largest absolute Gasteiger partial charge is 0.340 e. The molecule has 0 saturated carbocycles. The van der Waals surface area contributed by atoms with Crippen molar-refractivity contribution in [1.29, 1.82) is 0 Å². The van der Waals surface area contributed by atoms with Crippen molar-refractivity contribution in [2.45, 2.75) is 46.6 Å². The lowest BCUT2D eigenvalue weighted by Crippen LogP contribution is -2.49. The number of carbonyl (C=O) groups is 1. The van der Waals surface area contributed by atoms with Gasteiger partial charge >= 0.3 is 0 Å². The smallest absolute Gasteiger partial charge is 0.222 e. The number of aryl methyl sites for hydroxylation is 2. The average molecular weight is 306 g/mol. The van der Waals surface area contributed by atoms with Crippen molar-refractivity contribution in [3.63, 3.8) is 0 Å². The summed E-state index contributed by atoms with van der Waals surface area (Å²) in [6, 6.07) is 0. The van der Waals surface area contributed by atoms with E-state index < -0.39 is 0 Å². The maximum Gasteiger partial charge on any atom is 0.222 e. The van der Waals surface area contributed by atoms with Gasteiger partial charge in [0.2, 0.25) is 5.91 Å². The van der Waals surface area contributed by atoms with E-state index in [1.165, 1.54) is 5.56 Å². The van der Waals surface area contributed by atoms with Crippen LogP contribution >= 0.6 is 0 Å². The lowest BCUT2D eigenvalue weighted by atomic mass is 10.1. The van der Waals surface area contributed by atoms with E-state index in [0.717, 1.165) is 52.1 Å². The Hall–Kier alpha value is -1.36. The van der Waals surface area contributed by atoms with Gasteiger partial charge in [0.25, 0.3) is 0 Å². The van der Waals surface area contributed by atoms with Crippen molar-refractivity contribution in [1.82, 2.24) is 19.6 Å². The summed E-state index contributed by atoms with van der Waals surface area (Å²) in [4.78, 5) is 16.7. The van der Waals surface area contributed by atoms with Gasteiger partial charge in [0, 0.05) is 51.9 Å². The summed E-state index contributed by atoms with van der Waals surface area (Å²) >= 11 is 0. The Kier molecular flexibility index (Phi) is 6.43. The number of nitrogens with zero attached hydrogens (tertiary/aromatic N) is 4. The zero-order valence-electron chi connectivity index (χ0n) is 14.3. The molecule has 0 spiro atoms. The van der Waals surface area contributed by atoms with E-state index in [2.05, 4.69) is 30.0 Å². The van der Waals surface area contributed by atoms with Crippen LogP contribution in [-0.4, -0.2) is 58.2 Å². The minimum Gasteiger partial charge on any atom is -0.340 e. The highest BCUT2D eigenvalue weighted by atomic mass is 16.2. The fraction of sp³-hybridized carbons (Fsp3) is 0.765. The van der Waals surface area contributed by atoms with Crippen molar-refractivity contribution in [3.8, 4) is 0 Å². The zero-order chi connectivity index (χ0) is 15.9. The van der Waals surface area contributed by atoms with Crippen LogP contribution in [0.1, 0.15) is 38.7 Å². The normalized spacial score (nSPS) is 16.5. The molecule has 5 heteroatoms. The van der Waals surface area contributed by atoms with Crippen LogP contribution in [-0.2, 0) is 11.3 Å². The van der Waals surface area contributed by atoms with Gasteiger partial charge in [-0.1, -0.05) is 13.8 Å². The quantitative estimate of drug-likeness (QED) is 0.725. The van der Waals surface area contributed by atoms with Gasteiger partial charge < -0.3 is 4.90 Å². The highest BCUT2D eigenvalue weighted by Gasteiger charge is 2.20. The molecule has 22 heavy (non-hydrogen) atoms. The molecular weight excluding hydrogens is 276 g/mol. The predicted octanol–water partition coefficient (Wildman–Crippen LogP) is 2.16. The van der Waals surface area contributed by atoms with Crippen molar-refractivity contribution in [2.75, 3.05) is 32.7 Å². The second-order valence-electron chi connectivity index (χ2n) is 6.81. The van der Waals surface area contributed by atoms with Crippen molar-refractivity contribution >= 4 is 5.91 Å². The van der Waals surface area contributed by atoms with Crippen molar-refractivity contribution in [3.05, 3.63) is 18.0 Å². The first kappa shape index (κ1) is 17.0. The molecule has 1 saturated heterocycles. The number of piperazine rings is 1. The van der Waals surface area contributed by atoms with Gasteiger partial charge in [0.1, 0.15) is 0 Å². The number of hydrogen-bond donors (Lipinski definition) is 0. The molecule has 0 unspecified atom stereocenters. The molecular formula is C17H30N4O. The standard InChI is InChI=1S/C17H30N4O/c1-15(2)13-19-8-10-20(11-9-19)17(22)6-4-5-7-21-14-16(3)12-18-21/h12,14-15H,4-11,13H2,1-3H3. The van der Waals surface area contributed by atoms with E-state index in [4.69, 9.17) is 0 Å². The molecule has 2 heterocycles. The highest BCUT2D eigenvalue weighted by Crippen LogP contribution is 2.09. The Morgan fingerprint density at radius 2 is 1.95 bits per heavy atom. The van der Waals surface area contributed by atoms with Gasteiger partial charge in [0.05, 0.1) is 6.20 Å². The SMILES string of the molecule is Cc1cnn(CCCCC(=O)N2CCN(CC(C)C)CC2)c1. The molecule has 1 aromatic rings. The van der Waals surface area contributed by atoms with Gasteiger partial charge in [-0.25, -0.2) is 0 Å². The molecule has 0 aliphatic carbocycles. The summed E-state index contributed by atoms with van der Waals surface area (Å²) < 4.78 is 1.96. The zero-order valence-corrected chi connectivity index (χ0v) is 14.3. The van der Waals surface area contributed by atoms with Crippen LogP contribution in [0.15, 0.2) is 12.4 Å². The Bertz CT molecular complexity index is 461. The summed E-state index contributed by atoms with van der Waals surface area (Å²) in [5.74, 6) is 1.02. The third-order valence-corrected chi connectivity index (χ3v) is 4.14. The monoisotopic (exact) mass is 306 g/mol. The number of rotatable bonds is 7. The minimum atomic E-state index is 0.320. The lowest BCUT2D eigenvalue weighted by molar-refractivity contribution is -0.133. The van der Waals surface area contributed by atoms with Crippen LogP contribution in [0.4, 0.5) is 0 Å². The molecule has 1 aromatic heterocycles. The van der Waals surface area contributed by atoms with E-state index in [-0.39, 0.29) is 0 Å². The van der Waals surface area contributed by atoms with Crippen LogP contribution in [0.2, 0.25) is 0 Å². The summed E-state index contributed by atoms with van der Waals surface area (Å²) in [6.45, 7) is 12.4. The second-order valence-corrected chi connectivity index (χ2v) is 6.81. The fourth-order valence-electron chi connectivity index (χ4n) is 2.99. The molecule has 0 aromatic carbocycles. The Morgan fingerprint density at radius 3 is 2.55 bits per heavy atom. The van der Waals surface area contributed by atoms with Crippen LogP contribution in [0, 0.1) is 12.8 Å². The molecule has 0 radical (unpaired) electrons. The first-order chi connectivity index (χ1) is 10.5. The van der Waals surface area contributed by atoms with E-state index in [1.54, 1.807) is 0 Å². The van der Waals surface area contributed by atoms with Crippen LogP contribution in [0.5, 0.6) is 0 Å². The first-order valence-corrected chi connectivity index (χ1v) is 8.54. The molecule has 0 N–H and O–H groups in total. The number of carbonyl (C=O) groups excluding carboxylic acids is 1. The van der Waals surface area contributed by atoms with Gasteiger partial charge in [0.15, 0.2) is 0 Å². The minimum absolute atomic E-state index is 0.320. The average Bonchev–Trinajstić information content (AvgIpc) is 2.89. The van der Waals surface area contributed by atoms with Crippen molar-refractivity contribution < 1.29 is 4.79 Å². The molecule has 1 amide bonds. The first-order valence-electron chi connectivity index (χ1n) is 8.54. The van der Waals surface area contributed by atoms with E-state index >= 15 is 0 Å². The van der Waals surface area contributed by atoms with Gasteiger partial charge in [-0.05, 0) is 31.2 Å². The van der Waals surface area contributed by atoms with Crippen LogP contribution < -0.4 is 0 Å². The maximum absolute atomic E-state index is 12.2.